The molecule has 5 heteroatoms. The quantitative estimate of drug-likeness (QED) is 0.891. The van der Waals surface area contributed by atoms with E-state index in [1.807, 2.05) is 42.6 Å². The summed E-state index contributed by atoms with van der Waals surface area (Å²) in [5, 5.41) is 4.96. The largest absolute Gasteiger partial charge is 0.497 e. The molecule has 1 heterocycles. The standard InChI is InChI=1S/C16H19NO3S/c1-11(17-16(18)10-13-5-4-8-21-13)14-9-12(19-2)6-7-15(14)20-3/h4-9,11H,10H2,1-3H3,(H,17,18)/t11-/m1/s1. The van der Waals surface area contributed by atoms with Crippen molar-refractivity contribution in [1.82, 2.24) is 5.32 Å². The lowest BCUT2D eigenvalue weighted by Gasteiger charge is -2.18. The molecule has 112 valence electrons. The number of rotatable bonds is 6. The summed E-state index contributed by atoms with van der Waals surface area (Å²) in [6.07, 6.45) is 0.397. The van der Waals surface area contributed by atoms with Gasteiger partial charge in [0.05, 0.1) is 26.7 Å². The molecule has 21 heavy (non-hydrogen) atoms. The van der Waals surface area contributed by atoms with Gasteiger partial charge in [0, 0.05) is 10.4 Å². The molecule has 0 aliphatic heterocycles. The smallest absolute Gasteiger partial charge is 0.225 e. The Kier molecular flexibility index (Phi) is 5.22. The molecule has 0 aliphatic carbocycles. The topological polar surface area (TPSA) is 47.6 Å². The van der Waals surface area contributed by atoms with Crippen molar-refractivity contribution in [3.63, 3.8) is 0 Å². The van der Waals surface area contributed by atoms with E-state index in [1.165, 1.54) is 0 Å². The number of hydrogen-bond donors (Lipinski definition) is 1. The first-order valence-electron chi connectivity index (χ1n) is 6.67. The Bertz CT molecular complexity index is 596. The van der Waals surface area contributed by atoms with Crippen LogP contribution in [-0.4, -0.2) is 20.1 Å². The van der Waals surface area contributed by atoms with Crippen molar-refractivity contribution < 1.29 is 14.3 Å². The van der Waals surface area contributed by atoms with Gasteiger partial charge >= 0.3 is 0 Å². The molecule has 4 nitrogen and oxygen atoms in total. The van der Waals surface area contributed by atoms with Crippen LogP contribution >= 0.6 is 11.3 Å². The third-order valence-electron chi connectivity index (χ3n) is 3.20. The number of benzene rings is 1. The van der Waals surface area contributed by atoms with E-state index in [4.69, 9.17) is 9.47 Å². The number of carbonyl (C=O) groups excluding carboxylic acids is 1. The van der Waals surface area contributed by atoms with E-state index in [1.54, 1.807) is 25.6 Å². The van der Waals surface area contributed by atoms with Crippen molar-refractivity contribution >= 4 is 17.2 Å². The van der Waals surface area contributed by atoms with Crippen LogP contribution in [-0.2, 0) is 11.2 Å². The molecule has 2 aromatic rings. The van der Waals surface area contributed by atoms with Gasteiger partial charge in [-0.05, 0) is 36.6 Å². The number of thiophene rings is 1. The third-order valence-corrected chi connectivity index (χ3v) is 4.07. The fraction of sp³-hybridized carbons (Fsp3) is 0.312. The minimum Gasteiger partial charge on any atom is -0.497 e. The summed E-state index contributed by atoms with van der Waals surface area (Å²) < 4.78 is 10.6. The Balaban J connectivity index is 2.08. The summed E-state index contributed by atoms with van der Waals surface area (Å²) in [7, 11) is 3.23. The predicted molar refractivity (Wildman–Crippen MR) is 84.1 cm³/mol. The van der Waals surface area contributed by atoms with Crippen molar-refractivity contribution in [2.24, 2.45) is 0 Å². The van der Waals surface area contributed by atoms with Crippen molar-refractivity contribution in [3.8, 4) is 11.5 Å². The Morgan fingerprint density at radius 2 is 2.10 bits per heavy atom. The van der Waals surface area contributed by atoms with Crippen LogP contribution in [0.5, 0.6) is 11.5 Å². The average molecular weight is 305 g/mol. The summed E-state index contributed by atoms with van der Waals surface area (Å²) in [6.45, 7) is 1.93. The molecule has 0 radical (unpaired) electrons. The highest BCUT2D eigenvalue weighted by atomic mass is 32.1. The van der Waals surface area contributed by atoms with E-state index < -0.39 is 0 Å². The molecule has 0 saturated heterocycles. The van der Waals surface area contributed by atoms with Crippen LogP contribution < -0.4 is 14.8 Å². The van der Waals surface area contributed by atoms with E-state index in [2.05, 4.69) is 5.32 Å². The van der Waals surface area contributed by atoms with E-state index in [0.717, 1.165) is 21.9 Å². The maximum atomic E-state index is 12.1. The first-order valence-corrected chi connectivity index (χ1v) is 7.55. The van der Waals surface area contributed by atoms with Crippen molar-refractivity contribution in [2.75, 3.05) is 14.2 Å². The Labute approximate surface area is 128 Å². The predicted octanol–water partition coefficient (Wildman–Crippen LogP) is 3.19. The molecular formula is C16H19NO3S. The van der Waals surface area contributed by atoms with Gasteiger partial charge in [-0.3, -0.25) is 4.79 Å². The van der Waals surface area contributed by atoms with Gasteiger partial charge in [0.25, 0.3) is 0 Å². The molecule has 1 atom stereocenters. The van der Waals surface area contributed by atoms with Crippen LogP contribution in [0.4, 0.5) is 0 Å². The molecule has 1 aromatic carbocycles. The maximum absolute atomic E-state index is 12.1. The molecule has 1 N–H and O–H groups in total. The van der Waals surface area contributed by atoms with Gasteiger partial charge < -0.3 is 14.8 Å². The van der Waals surface area contributed by atoms with Crippen molar-refractivity contribution in [3.05, 3.63) is 46.2 Å². The number of ether oxygens (including phenoxy) is 2. The molecular weight excluding hydrogens is 286 g/mol. The third kappa shape index (κ3) is 3.98. The molecule has 1 aromatic heterocycles. The van der Waals surface area contributed by atoms with Gasteiger partial charge in [0.2, 0.25) is 5.91 Å². The molecule has 0 unspecified atom stereocenters. The van der Waals surface area contributed by atoms with Crippen LogP contribution in [0.2, 0.25) is 0 Å². The maximum Gasteiger partial charge on any atom is 0.225 e. The molecule has 0 aliphatic rings. The van der Waals surface area contributed by atoms with Gasteiger partial charge in [0.1, 0.15) is 11.5 Å². The summed E-state index contributed by atoms with van der Waals surface area (Å²) in [4.78, 5) is 13.1. The van der Waals surface area contributed by atoms with Crippen LogP contribution in [0.25, 0.3) is 0 Å². The first kappa shape index (κ1) is 15.4. The minimum atomic E-state index is -0.150. The number of carbonyl (C=O) groups is 1. The molecule has 0 saturated carbocycles. The van der Waals surface area contributed by atoms with E-state index in [9.17, 15) is 4.79 Å². The highest BCUT2D eigenvalue weighted by Crippen LogP contribution is 2.29. The number of methoxy groups -OCH3 is 2. The van der Waals surface area contributed by atoms with Gasteiger partial charge in [-0.2, -0.15) is 0 Å². The number of hydrogen-bond acceptors (Lipinski definition) is 4. The molecule has 1 amide bonds. The lowest BCUT2D eigenvalue weighted by Crippen LogP contribution is -2.28. The summed E-state index contributed by atoms with van der Waals surface area (Å²) in [6, 6.07) is 9.32. The van der Waals surface area contributed by atoms with Crippen LogP contribution in [0.3, 0.4) is 0 Å². The summed E-state index contributed by atoms with van der Waals surface area (Å²) in [5.74, 6) is 1.47. The zero-order valence-corrected chi connectivity index (χ0v) is 13.2. The Morgan fingerprint density at radius 1 is 1.29 bits per heavy atom. The lowest BCUT2D eigenvalue weighted by atomic mass is 10.1. The second kappa shape index (κ2) is 7.13. The zero-order chi connectivity index (χ0) is 15.2. The molecule has 2 rings (SSSR count). The van der Waals surface area contributed by atoms with Gasteiger partial charge in [-0.15, -0.1) is 11.3 Å². The molecule has 0 spiro atoms. The van der Waals surface area contributed by atoms with Crippen LogP contribution in [0.1, 0.15) is 23.4 Å². The highest BCUT2D eigenvalue weighted by molar-refractivity contribution is 7.10. The molecule has 0 bridgehead atoms. The van der Waals surface area contributed by atoms with Gasteiger partial charge in [-0.1, -0.05) is 6.07 Å². The minimum absolute atomic E-state index is 0.00479. The summed E-state index contributed by atoms with van der Waals surface area (Å²) >= 11 is 1.58. The number of nitrogens with one attached hydrogen (secondary N) is 1. The van der Waals surface area contributed by atoms with E-state index >= 15 is 0 Å². The Hall–Kier alpha value is -2.01. The number of amides is 1. The Morgan fingerprint density at radius 3 is 2.71 bits per heavy atom. The second-order valence-electron chi connectivity index (χ2n) is 4.65. The average Bonchev–Trinajstić information content (AvgIpc) is 2.99. The fourth-order valence-electron chi connectivity index (χ4n) is 2.12. The van der Waals surface area contributed by atoms with Crippen molar-refractivity contribution in [1.29, 1.82) is 0 Å². The van der Waals surface area contributed by atoms with Crippen LogP contribution in [0.15, 0.2) is 35.7 Å². The molecule has 0 fully saturated rings. The van der Waals surface area contributed by atoms with Gasteiger partial charge in [-0.25, -0.2) is 0 Å². The zero-order valence-electron chi connectivity index (χ0n) is 12.4. The first-order chi connectivity index (χ1) is 10.1. The van der Waals surface area contributed by atoms with Crippen molar-refractivity contribution in [2.45, 2.75) is 19.4 Å². The second-order valence-corrected chi connectivity index (χ2v) is 5.69. The summed E-state index contributed by atoms with van der Waals surface area (Å²) in [5.41, 5.74) is 0.899. The monoisotopic (exact) mass is 305 g/mol. The lowest BCUT2D eigenvalue weighted by molar-refractivity contribution is -0.121. The van der Waals surface area contributed by atoms with E-state index in [0.29, 0.717) is 6.42 Å². The normalized spacial score (nSPS) is 11.8. The SMILES string of the molecule is COc1ccc(OC)c([C@@H](C)NC(=O)Cc2cccs2)c1. The van der Waals surface area contributed by atoms with Crippen LogP contribution in [0, 0.1) is 0 Å². The highest BCUT2D eigenvalue weighted by Gasteiger charge is 2.15. The fourth-order valence-corrected chi connectivity index (χ4v) is 2.82. The van der Waals surface area contributed by atoms with Gasteiger partial charge in [0.15, 0.2) is 0 Å². The van der Waals surface area contributed by atoms with E-state index in [-0.39, 0.29) is 11.9 Å².